The van der Waals surface area contributed by atoms with E-state index in [9.17, 15) is 5.26 Å². The third-order valence-corrected chi connectivity index (χ3v) is 5.53. The highest BCUT2D eigenvalue weighted by Crippen LogP contribution is 2.28. The van der Waals surface area contributed by atoms with E-state index in [1.54, 1.807) is 4.68 Å². The Kier molecular flexibility index (Phi) is 5.04. The van der Waals surface area contributed by atoms with E-state index in [0.29, 0.717) is 23.0 Å². The van der Waals surface area contributed by atoms with Crippen molar-refractivity contribution in [3.05, 3.63) is 89.1 Å². The quantitative estimate of drug-likeness (QED) is 0.409. The molecule has 5 aromatic rings. The molecule has 0 radical (unpaired) electrons. The second-order valence-corrected chi connectivity index (χ2v) is 8.00. The SMILES string of the molecule is Cc1cc(C)c2nc(-n3ncc(C#N)c3Nc3ccc(-c4ccccc4)nn3)cc(C)c2c1. The molecular weight excluding hydrogens is 410 g/mol. The summed E-state index contributed by atoms with van der Waals surface area (Å²) in [5.41, 5.74) is 6.46. The molecule has 3 heterocycles. The summed E-state index contributed by atoms with van der Waals surface area (Å²) in [5, 5.41) is 27.0. The zero-order valence-corrected chi connectivity index (χ0v) is 18.5. The van der Waals surface area contributed by atoms with E-state index in [4.69, 9.17) is 4.98 Å². The van der Waals surface area contributed by atoms with E-state index >= 15 is 0 Å². The molecule has 0 amide bonds. The summed E-state index contributed by atoms with van der Waals surface area (Å²) in [6, 6.07) is 22.0. The molecule has 3 aromatic heterocycles. The Morgan fingerprint density at radius 1 is 0.909 bits per heavy atom. The molecule has 7 nitrogen and oxygen atoms in total. The predicted octanol–water partition coefficient (Wildman–Crippen LogP) is 5.42. The van der Waals surface area contributed by atoms with Crippen molar-refractivity contribution in [2.24, 2.45) is 0 Å². The molecule has 0 spiro atoms. The highest BCUT2D eigenvalue weighted by Gasteiger charge is 2.16. The van der Waals surface area contributed by atoms with Crippen molar-refractivity contribution in [3.8, 4) is 23.1 Å². The first-order chi connectivity index (χ1) is 16.0. The van der Waals surface area contributed by atoms with Crippen LogP contribution in [0.5, 0.6) is 0 Å². The molecule has 2 aromatic carbocycles. The Morgan fingerprint density at radius 3 is 2.45 bits per heavy atom. The Balaban J connectivity index is 1.55. The molecule has 0 fully saturated rings. The molecule has 0 aliphatic carbocycles. The maximum Gasteiger partial charge on any atom is 0.156 e. The topological polar surface area (TPSA) is 92.3 Å². The van der Waals surface area contributed by atoms with Gasteiger partial charge in [0.25, 0.3) is 0 Å². The van der Waals surface area contributed by atoms with Gasteiger partial charge in [-0.25, -0.2) is 4.98 Å². The van der Waals surface area contributed by atoms with Gasteiger partial charge in [0.15, 0.2) is 17.5 Å². The maximum absolute atomic E-state index is 9.65. The first-order valence-electron chi connectivity index (χ1n) is 10.6. The number of benzene rings is 2. The second kappa shape index (κ2) is 8.17. The van der Waals surface area contributed by atoms with Gasteiger partial charge >= 0.3 is 0 Å². The van der Waals surface area contributed by atoms with Crippen molar-refractivity contribution in [3.63, 3.8) is 0 Å². The van der Waals surface area contributed by atoms with Crippen molar-refractivity contribution < 1.29 is 0 Å². The molecule has 33 heavy (non-hydrogen) atoms. The average Bonchev–Trinajstić information content (AvgIpc) is 3.23. The van der Waals surface area contributed by atoms with Crippen LogP contribution in [0.3, 0.4) is 0 Å². The minimum Gasteiger partial charge on any atom is -0.322 e. The van der Waals surface area contributed by atoms with E-state index in [1.807, 2.05) is 48.5 Å². The number of aromatic nitrogens is 5. The predicted molar refractivity (Wildman–Crippen MR) is 129 cm³/mol. The van der Waals surface area contributed by atoms with Gasteiger partial charge in [-0.2, -0.15) is 15.0 Å². The van der Waals surface area contributed by atoms with Gasteiger partial charge in [0.05, 0.1) is 17.4 Å². The molecule has 5 rings (SSSR count). The van der Waals surface area contributed by atoms with Crippen molar-refractivity contribution in [1.29, 1.82) is 5.26 Å². The number of anilines is 2. The van der Waals surface area contributed by atoms with Gasteiger partial charge < -0.3 is 5.32 Å². The van der Waals surface area contributed by atoms with Crippen LogP contribution in [-0.2, 0) is 0 Å². The Morgan fingerprint density at radius 2 is 1.73 bits per heavy atom. The van der Waals surface area contributed by atoms with Crippen LogP contribution in [0.2, 0.25) is 0 Å². The highest BCUT2D eigenvalue weighted by atomic mass is 15.4. The van der Waals surface area contributed by atoms with Crippen LogP contribution in [0.25, 0.3) is 28.0 Å². The number of hydrogen-bond donors (Lipinski definition) is 1. The number of nitrogens with zero attached hydrogens (tertiary/aromatic N) is 6. The average molecular weight is 432 g/mol. The van der Waals surface area contributed by atoms with Crippen LogP contribution in [-0.4, -0.2) is 25.0 Å². The summed E-state index contributed by atoms with van der Waals surface area (Å²) in [6.07, 6.45) is 1.53. The summed E-state index contributed by atoms with van der Waals surface area (Å²) >= 11 is 0. The Labute approximate surface area is 191 Å². The number of rotatable bonds is 4. The van der Waals surface area contributed by atoms with E-state index in [-0.39, 0.29) is 0 Å². The van der Waals surface area contributed by atoms with Crippen molar-refractivity contribution in [1.82, 2.24) is 25.0 Å². The Hall–Kier alpha value is -4.57. The third-order valence-electron chi connectivity index (χ3n) is 5.53. The fourth-order valence-electron chi connectivity index (χ4n) is 3.94. The van der Waals surface area contributed by atoms with E-state index < -0.39 is 0 Å². The maximum atomic E-state index is 9.65. The van der Waals surface area contributed by atoms with Gasteiger partial charge in [-0.05, 0) is 56.2 Å². The van der Waals surface area contributed by atoms with Crippen LogP contribution in [0.1, 0.15) is 22.3 Å². The number of nitrogens with one attached hydrogen (secondary N) is 1. The molecule has 0 aliphatic heterocycles. The third kappa shape index (κ3) is 3.79. The lowest BCUT2D eigenvalue weighted by molar-refractivity contribution is 0.856. The molecule has 7 heteroatoms. The van der Waals surface area contributed by atoms with Gasteiger partial charge in [-0.1, -0.05) is 42.0 Å². The number of fused-ring (bicyclic) bond motifs is 1. The smallest absolute Gasteiger partial charge is 0.156 e. The van der Waals surface area contributed by atoms with Crippen LogP contribution in [0.4, 0.5) is 11.6 Å². The molecule has 0 saturated carbocycles. The van der Waals surface area contributed by atoms with Gasteiger partial charge in [-0.3, -0.25) is 0 Å². The number of pyridine rings is 1. The summed E-state index contributed by atoms with van der Waals surface area (Å²) < 4.78 is 1.64. The van der Waals surface area contributed by atoms with Gasteiger partial charge in [-0.15, -0.1) is 10.2 Å². The second-order valence-electron chi connectivity index (χ2n) is 8.00. The molecule has 0 saturated heterocycles. The van der Waals surface area contributed by atoms with Crippen LogP contribution in [0, 0.1) is 32.1 Å². The van der Waals surface area contributed by atoms with Gasteiger partial charge in [0.1, 0.15) is 11.6 Å². The normalized spacial score (nSPS) is 10.8. The largest absolute Gasteiger partial charge is 0.322 e. The molecule has 0 bridgehead atoms. The molecular formula is C26H21N7. The minimum atomic E-state index is 0.393. The van der Waals surface area contributed by atoms with E-state index in [0.717, 1.165) is 33.3 Å². The lowest BCUT2D eigenvalue weighted by Crippen LogP contribution is -2.07. The molecule has 0 atom stereocenters. The number of aryl methyl sites for hydroxylation is 3. The number of hydrogen-bond acceptors (Lipinski definition) is 6. The highest BCUT2D eigenvalue weighted by molar-refractivity contribution is 5.86. The van der Waals surface area contributed by atoms with Crippen molar-refractivity contribution >= 4 is 22.5 Å². The molecule has 160 valence electrons. The fraction of sp³-hybridized carbons (Fsp3) is 0.115. The molecule has 0 aliphatic rings. The summed E-state index contributed by atoms with van der Waals surface area (Å²) in [4.78, 5) is 4.87. The lowest BCUT2D eigenvalue weighted by atomic mass is 10.0. The Bertz CT molecular complexity index is 1510. The van der Waals surface area contributed by atoms with Gasteiger partial charge in [0.2, 0.25) is 0 Å². The minimum absolute atomic E-state index is 0.393. The standard InChI is InChI=1S/C26H21N7/c1-16-11-18(3)25-21(12-16)17(2)13-24(30-25)33-26(20(14-27)15-28-33)29-23-10-9-22(31-32-23)19-7-5-4-6-8-19/h4-13,15H,1-3H3,(H,29,32). The van der Waals surface area contributed by atoms with E-state index in [1.165, 1.54) is 11.8 Å². The monoisotopic (exact) mass is 431 g/mol. The molecule has 0 unspecified atom stereocenters. The first-order valence-corrected chi connectivity index (χ1v) is 10.6. The van der Waals surface area contributed by atoms with Gasteiger partial charge in [0, 0.05) is 10.9 Å². The van der Waals surface area contributed by atoms with E-state index in [2.05, 4.69) is 59.6 Å². The van der Waals surface area contributed by atoms with Crippen LogP contribution in [0.15, 0.2) is 66.9 Å². The van der Waals surface area contributed by atoms with Crippen LogP contribution < -0.4 is 5.32 Å². The number of nitriles is 1. The zero-order chi connectivity index (χ0) is 22.9. The van der Waals surface area contributed by atoms with Crippen molar-refractivity contribution in [2.75, 3.05) is 5.32 Å². The molecule has 1 N–H and O–H groups in total. The lowest BCUT2D eigenvalue weighted by Gasteiger charge is -2.13. The zero-order valence-electron chi connectivity index (χ0n) is 18.5. The fourth-order valence-corrected chi connectivity index (χ4v) is 3.94. The summed E-state index contributed by atoms with van der Waals surface area (Å²) in [7, 11) is 0. The summed E-state index contributed by atoms with van der Waals surface area (Å²) in [6.45, 7) is 6.19. The first kappa shape index (κ1) is 20.3. The summed E-state index contributed by atoms with van der Waals surface area (Å²) in [5.74, 6) is 1.64. The van der Waals surface area contributed by atoms with Crippen LogP contribution >= 0.6 is 0 Å². The van der Waals surface area contributed by atoms with Crippen molar-refractivity contribution in [2.45, 2.75) is 20.8 Å².